The first-order chi connectivity index (χ1) is 5.81. The van der Waals surface area contributed by atoms with E-state index in [0.29, 0.717) is 6.54 Å². The zero-order chi connectivity index (χ0) is 8.55. The first-order valence-corrected chi connectivity index (χ1v) is 4.33. The van der Waals surface area contributed by atoms with E-state index in [-0.39, 0.29) is 12.4 Å². The fourth-order valence-corrected chi connectivity index (χ4v) is 1.76. The molecule has 0 amide bonds. The van der Waals surface area contributed by atoms with Crippen LogP contribution in [0.5, 0.6) is 5.75 Å². The average molecular weight is 220 g/mol. The summed E-state index contributed by atoms with van der Waals surface area (Å²) >= 11 is 5.90. The molecule has 2 N–H and O–H groups in total. The van der Waals surface area contributed by atoms with Crippen LogP contribution < -0.4 is 10.5 Å². The molecule has 1 heterocycles. The quantitative estimate of drug-likeness (QED) is 0.786. The van der Waals surface area contributed by atoms with Gasteiger partial charge in [0.05, 0.1) is 6.61 Å². The van der Waals surface area contributed by atoms with Crippen LogP contribution >= 0.6 is 24.0 Å². The highest BCUT2D eigenvalue weighted by Gasteiger charge is 2.16. The Kier molecular flexibility index (Phi) is 3.42. The minimum absolute atomic E-state index is 0. The van der Waals surface area contributed by atoms with Crippen molar-refractivity contribution in [1.29, 1.82) is 0 Å². The molecule has 13 heavy (non-hydrogen) atoms. The van der Waals surface area contributed by atoms with E-state index in [9.17, 15) is 0 Å². The lowest BCUT2D eigenvalue weighted by Crippen LogP contribution is -1.99. The lowest BCUT2D eigenvalue weighted by molar-refractivity contribution is 0.353. The second-order valence-electron chi connectivity index (χ2n) is 2.86. The first kappa shape index (κ1) is 10.6. The first-order valence-electron chi connectivity index (χ1n) is 3.95. The molecular formula is C9H11Cl2NO. The van der Waals surface area contributed by atoms with Gasteiger partial charge in [0.2, 0.25) is 0 Å². The van der Waals surface area contributed by atoms with E-state index in [1.165, 1.54) is 5.56 Å². The molecule has 1 aliphatic heterocycles. The molecule has 0 unspecified atom stereocenters. The summed E-state index contributed by atoms with van der Waals surface area (Å²) in [6, 6.07) is 3.81. The van der Waals surface area contributed by atoms with Crippen LogP contribution in [0.4, 0.5) is 0 Å². The summed E-state index contributed by atoms with van der Waals surface area (Å²) in [6.07, 6.45) is 0.947. The number of rotatable bonds is 1. The van der Waals surface area contributed by atoms with Gasteiger partial charge >= 0.3 is 0 Å². The van der Waals surface area contributed by atoms with Crippen LogP contribution in [-0.4, -0.2) is 6.61 Å². The van der Waals surface area contributed by atoms with Gasteiger partial charge in [-0.05, 0) is 17.7 Å². The second kappa shape index (κ2) is 4.18. The molecule has 0 spiro atoms. The maximum atomic E-state index is 5.90. The number of fused-ring (bicyclic) bond motifs is 1. The third-order valence-electron chi connectivity index (χ3n) is 2.05. The molecule has 0 saturated carbocycles. The normalized spacial score (nSPS) is 13.1. The Hall–Kier alpha value is -0.440. The van der Waals surface area contributed by atoms with E-state index < -0.39 is 0 Å². The zero-order valence-electron chi connectivity index (χ0n) is 7.05. The van der Waals surface area contributed by atoms with E-state index >= 15 is 0 Å². The van der Waals surface area contributed by atoms with Crippen molar-refractivity contribution < 1.29 is 4.74 Å². The molecule has 0 atom stereocenters. The largest absolute Gasteiger partial charge is 0.493 e. The highest BCUT2D eigenvalue weighted by Crippen LogP contribution is 2.32. The Bertz CT molecular complexity index is 315. The minimum Gasteiger partial charge on any atom is -0.493 e. The maximum Gasteiger partial charge on any atom is 0.127 e. The molecule has 0 aliphatic carbocycles. The van der Waals surface area contributed by atoms with Crippen molar-refractivity contribution in [2.45, 2.75) is 13.0 Å². The molecule has 0 radical (unpaired) electrons. The van der Waals surface area contributed by atoms with Gasteiger partial charge in [-0.1, -0.05) is 11.6 Å². The van der Waals surface area contributed by atoms with Crippen molar-refractivity contribution in [3.8, 4) is 5.75 Å². The van der Waals surface area contributed by atoms with Crippen LogP contribution in [0.15, 0.2) is 12.1 Å². The lowest BCUT2D eigenvalue weighted by Gasteiger charge is -2.05. The van der Waals surface area contributed by atoms with Crippen molar-refractivity contribution in [3.05, 3.63) is 28.3 Å². The smallest absolute Gasteiger partial charge is 0.127 e. The van der Waals surface area contributed by atoms with E-state index in [1.54, 1.807) is 0 Å². The highest BCUT2D eigenvalue weighted by molar-refractivity contribution is 6.30. The Labute approximate surface area is 88.4 Å². The Morgan fingerprint density at radius 1 is 1.46 bits per heavy atom. The monoisotopic (exact) mass is 219 g/mol. The van der Waals surface area contributed by atoms with Gasteiger partial charge < -0.3 is 10.5 Å². The summed E-state index contributed by atoms with van der Waals surface area (Å²) in [5.74, 6) is 0.946. The summed E-state index contributed by atoms with van der Waals surface area (Å²) in [5.41, 5.74) is 7.75. The number of hydrogen-bond donors (Lipinski definition) is 1. The summed E-state index contributed by atoms with van der Waals surface area (Å²) < 4.78 is 5.44. The maximum absolute atomic E-state index is 5.90. The Balaban J connectivity index is 0.000000845. The van der Waals surface area contributed by atoms with Gasteiger partial charge in [0.1, 0.15) is 5.75 Å². The molecule has 2 rings (SSSR count). The Morgan fingerprint density at radius 2 is 2.23 bits per heavy atom. The molecule has 1 aromatic rings. The van der Waals surface area contributed by atoms with Gasteiger partial charge in [-0.25, -0.2) is 0 Å². The molecule has 0 aromatic heterocycles. The van der Waals surface area contributed by atoms with Crippen molar-refractivity contribution >= 4 is 24.0 Å². The molecule has 0 saturated heterocycles. The van der Waals surface area contributed by atoms with Gasteiger partial charge in [-0.3, -0.25) is 0 Å². The topological polar surface area (TPSA) is 35.2 Å². The van der Waals surface area contributed by atoms with Gasteiger partial charge in [-0.15, -0.1) is 12.4 Å². The fourth-order valence-electron chi connectivity index (χ4n) is 1.50. The standard InChI is InChI=1S/C9H10ClNO.ClH/c10-8-3-6-1-2-12-9(6)7(4-8)5-11;/h3-4H,1-2,5,11H2;1H. The van der Waals surface area contributed by atoms with Gasteiger partial charge in [-0.2, -0.15) is 0 Å². The lowest BCUT2D eigenvalue weighted by atomic mass is 10.1. The summed E-state index contributed by atoms with van der Waals surface area (Å²) in [7, 11) is 0. The Morgan fingerprint density at radius 3 is 2.92 bits per heavy atom. The third kappa shape index (κ3) is 1.90. The average Bonchev–Trinajstić information content (AvgIpc) is 2.50. The number of halogens is 2. The summed E-state index contributed by atoms with van der Waals surface area (Å²) in [6.45, 7) is 1.24. The van der Waals surface area contributed by atoms with Crippen LogP contribution in [0.1, 0.15) is 11.1 Å². The molecule has 4 heteroatoms. The molecule has 1 aliphatic rings. The number of ether oxygens (including phenoxy) is 1. The van der Waals surface area contributed by atoms with Crippen LogP contribution in [0.25, 0.3) is 0 Å². The molecule has 0 fully saturated rings. The molecular weight excluding hydrogens is 209 g/mol. The van der Waals surface area contributed by atoms with Crippen LogP contribution in [-0.2, 0) is 13.0 Å². The number of hydrogen-bond acceptors (Lipinski definition) is 2. The number of benzene rings is 1. The molecule has 72 valence electrons. The molecule has 2 nitrogen and oxygen atoms in total. The van der Waals surface area contributed by atoms with Crippen molar-refractivity contribution in [3.63, 3.8) is 0 Å². The highest BCUT2D eigenvalue weighted by atomic mass is 35.5. The third-order valence-corrected chi connectivity index (χ3v) is 2.26. The van der Waals surface area contributed by atoms with Gasteiger partial charge in [0, 0.05) is 23.6 Å². The van der Waals surface area contributed by atoms with Crippen LogP contribution in [0.2, 0.25) is 5.02 Å². The fraction of sp³-hybridized carbons (Fsp3) is 0.333. The van der Waals surface area contributed by atoms with Gasteiger partial charge in [0.25, 0.3) is 0 Å². The predicted octanol–water partition coefficient (Wildman–Crippen LogP) is 2.16. The summed E-state index contributed by atoms with van der Waals surface area (Å²) in [5, 5.41) is 0.750. The second-order valence-corrected chi connectivity index (χ2v) is 3.29. The van der Waals surface area contributed by atoms with Crippen molar-refractivity contribution in [2.24, 2.45) is 5.73 Å². The van der Waals surface area contributed by atoms with Crippen molar-refractivity contribution in [1.82, 2.24) is 0 Å². The van der Waals surface area contributed by atoms with E-state index in [4.69, 9.17) is 22.1 Å². The summed E-state index contributed by atoms with van der Waals surface area (Å²) in [4.78, 5) is 0. The van der Waals surface area contributed by atoms with Crippen molar-refractivity contribution in [2.75, 3.05) is 6.61 Å². The van der Waals surface area contributed by atoms with Crippen LogP contribution in [0, 0.1) is 0 Å². The minimum atomic E-state index is 0. The zero-order valence-corrected chi connectivity index (χ0v) is 8.62. The molecule has 1 aromatic carbocycles. The number of nitrogens with two attached hydrogens (primary N) is 1. The van der Waals surface area contributed by atoms with Gasteiger partial charge in [0.15, 0.2) is 0 Å². The SMILES string of the molecule is Cl.NCc1cc(Cl)cc2c1OCC2. The van der Waals surface area contributed by atoms with E-state index in [2.05, 4.69) is 0 Å². The van der Waals surface area contributed by atoms with Crippen LogP contribution in [0.3, 0.4) is 0 Å². The predicted molar refractivity (Wildman–Crippen MR) is 55.8 cm³/mol. The van der Waals surface area contributed by atoms with E-state index in [0.717, 1.165) is 29.4 Å². The molecule has 0 bridgehead atoms. The van der Waals surface area contributed by atoms with E-state index in [1.807, 2.05) is 12.1 Å².